The van der Waals surface area contributed by atoms with Crippen LogP contribution in [0.3, 0.4) is 0 Å². The number of amides is 1. The third-order valence-electron chi connectivity index (χ3n) is 6.24. The van der Waals surface area contributed by atoms with Crippen LogP contribution in [-0.2, 0) is 24.3 Å². The summed E-state index contributed by atoms with van der Waals surface area (Å²) in [6.45, 7) is 12.3. The number of carbonyl (C=O) groups is 1. The highest BCUT2D eigenvalue weighted by Gasteiger charge is 2.31. The number of thioether (sulfide) groups is 1. The number of hydrogen-bond donors (Lipinski definition) is 1. The molecule has 0 radical (unpaired) electrons. The van der Waals surface area contributed by atoms with E-state index in [1.54, 1.807) is 23.7 Å². The number of carbonyl (C=O) groups excluding carboxylic acids is 1. The largest absolute Gasteiger partial charge is 0.483 e. The zero-order valence-electron chi connectivity index (χ0n) is 28.7. The van der Waals surface area contributed by atoms with Crippen molar-refractivity contribution in [2.45, 2.75) is 73.7 Å². The molecule has 0 aliphatic carbocycles. The summed E-state index contributed by atoms with van der Waals surface area (Å²) in [5.74, 6) is -1.69. The number of nitrogens with one attached hydrogen (secondary N) is 1. The monoisotopic (exact) mass is 675 g/mol. The number of halogens is 3. The van der Waals surface area contributed by atoms with Crippen LogP contribution in [0.5, 0.6) is 5.75 Å². The normalized spacial score (nSPS) is 12.1. The van der Waals surface area contributed by atoms with Crippen molar-refractivity contribution in [2.24, 2.45) is 0 Å². The van der Waals surface area contributed by atoms with E-state index in [1.807, 2.05) is 64.1 Å². The number of methoxy groups -OCH3 is 1. The number of rotatable bonds is 9. The van der Waals surface area contributed by atoms with Gasteiger partial charge in [0.15, 0.2) is 11.4 Å². The van der Waals surface area contributed by atoms with Gasteiger partial charge in [-0.15, -0.1) is 0 Å². The number of nitrogens with zero attached hydrogens (tertiary/aromatic N) is 2. The minimum Gasteiger partial charge on any atom is -0.483 e. The Balaban J connectivity index is 0.00000110. The number of hydrogen-bond acceptors (Lipinski definition) is 6. The quantitative estimate of drug-likeness (QED) is 0.182. The molecule has 1 aliphatic rings. The zero-order valence-corrected chi connectivity index (χ0v) is 29.5. The molecule has 11 heteroatoms. The highest BCUT2D eigenvalue weighted by atomic mass is 32.2. The van der Waals surface area contributed by atoms with E-state index in [0.717, 1.165) is 23.4 Å². The van der Waals surface area contributed by atoms with Crippen molar-refractivity contribution in [3.8, 4) is 5.75 Å². The van der Waals surface area contributed by atoms with E-state index in [1.165, 1.54) is 32.2 Å². The molecule has 2 aromatic carbocycles. The van der Waals surface area contributed by atoms with Gasteiger partial charge in [-0.3, -0.25) is 15.0 Å². The summed E-state index contributed by atoms with van der Waals surface area (Å²) >= 11 is 1.04. The van der Waals surface area contributed by atoms with E-state index in [9.17, 15) is 22.8 Å². The van der Waals surface area contributed by atoms with Crippen molar-refractivity contribution in [2.75, 3.05) is 27.3 Å². The van der Waals surface area contributed by atoms with Crippen molar-refractivity contribution in [3.05, 3.63) is 110 Å². The van der Waals surface area contributed by atoms with Crippen molar-refractivity contribution < 1.29 is 27.4 Å². The Morgan fingerprint density at radius 2 is 1.66 bits per heavy atom. The SMILES string of the molecule is CC.CC(C)F.CC/C=C(\Cc1ccc(F)cc1F)SC(=N)c1cn2c(c(OCc3ccccc3)c1=O)C(=O)N(CC)CC2.COC. The fraction of sp³-hybridized carbons (Fsp3) is 0.417. The van der Waals surface area contributed by atoms with Crippen molar-refractivity contribution in [1.82, 2.24) is 9.47 Å². The van der Waals surface area contributed by atoms with Gasteiger partial charge >= 0.3 is 0 Å². The first-order valence-corrected chi connectivity index (χ1v) is 16.5. The first kappa shape index (κ1) is 41.2. The molecule has 1 amide bonds. The van der Waals surface area contributed by atoms with Crippen molar-refractivity contribution in [1.29, 1.82) is 5.41 Å². The Hall–Kier alpha value is -3.83. The molecule has 3 aromatic rings. The third-order valence-corrected chi connectivity index (χ3v) is 7.23. The average Bonchev–Trinajstić information content (AvgIpc) is 3.03. The van der Waals surface area contributed by atoms with Crippen LogP contribution in [0.4, 0.5) is 13.2 Å². The Bertz CT molecular complexity index is 1510. The van der Waals surface area contributed by atoms with Gasteiger partial charge in [-0.25, -0.2) is 13.2 Å². The second kappa shape index (κ2) is 21.9. The lowest BCUT2D eigenvalue weighted by molar-refractivity contribution is 0.0704. The first-order chi connectivity index (χ1) is 22.5. The number of benzene rings is 2. The van der Waals surface area contributed by atoms with Gasteiger partial charge in [0.1, 0.15) is 23.3 Å². The van der Waals surface area contributed by atoms with Gasteiger partial charge in [0.25, 0.3) is 5.91 Å². The molecule has 258 valence electrons. The molecular formula is C36H48F3N3O4S. The van der Waals surface area contributed by atoms with E-state index in [-0.39, 0.29) is 41.0 Å². The standard InChI is InChI=1S/C29H29F2N3O3S.C3H7F.C2H6O.C2H6/c1-3-8-22(15-20-11-12-21(30)16-24(20)31)38-28(32)23-17-34-14-13-33(4-2)29(36)25(34)27(26(23)35)37-18-19-9-6-5-7-10-19;1-3(2)4;1-3-2;1-2/h5-12,16-17,32H,3-4,13-15,18H2,1-2H3;3H,1-2H3;1-2H3;1-2H3/b22-8+,32-28?;;;. The van der Waals surface area contributed by atoms with Gasteiger partial charge in [0, 0.05) is 52.5 Å². The molecule has 1 N–H and O–H groups in total. The molecule has 7 nitrogen and oxygen atoms in total. The number of aromatic nitrogens is 1. The first-order valence-electron chi connectivity index (χ1n) is 15.6. The molecule has 0 saturated heterocycles. The minimum absolute atomic E-state index is 0.0394. The Kier molecular flexibility index (Phi) is 19.2. The number of pyridine rings is 1. The number of alkyl halides is 1. The number of ether oxygens (including phenoxy) is 2. The van der Waals surface area contributed by atoms with E-state index >= 15 is 0 Å². The lowest BCUT2D eigenvalue weighted by Crippen LogP contribution is -2.42. The molecule has 0 fully saturated rings. The third kappa shape index (κ3) is 13.1. The highest BCUT2D eigenvalue weighted by molar-refractivity contribution is 8.17. The Labute approximate surface area is 281 Å². The lowest BCUT2D eigenvalue weighted by Gasteiger charge is -2.30. The highest BCUT2D eigenvalue weighted by Crippen LogP contribution is 2.29. The molecular weight excluding hydrogens is 627 g/mol. The maximum Gasteiger partial charge on any atom is 0.274 e. The van der Waals surface area contributed by atoms with Crippen LogP contribution < -0.4 is 10.2 Å². The van der Waals surface area contributed by atoms with Gasteiger partial charge in [-0.2, -0.15) is 0 Å². The summed E-state index contributed by atoms with van der Waals surface area (Å²) in [5, 5.41) is 8.73. The molecule has 1 aliphatic heterocycles. The van der Waals surface area contributed by atoms with Gasteiger partial charge < -0.3 is 18.9 Å². The summed E-state index contributed by atoms with van der Waals surface area (Å²) in [5.41, 5.74) is 0.871. The summed E-state index contributed by atoms with van der Waals surface area (Å²) in [6, 6.07) is 12.7. The molecule has 1 aromatic heterocycles. The molecule has 0 saturated carbocycles. The van der Waals surface area contributed by atoms with Crippen molar-refractivity contribution >= 4 is 22.7 Å². The van der Waals surface area contributed by atoms with E-state index in [0.29, 0.717) is 36.5 Å². The van der Waals surface area contributed by atoms with Crippen LogP contribution in [0.25, 0.3) is 0 Å². The summed E-state index contributed by atoms with van der Waals surface area (Å²) in [4.78, 5) is 29.2. The maximum atomic E-state index is 14.3. The molecule has 0 unspecified atom stereocenters. The smallest absolute Gasteiger partial charge is 0.274 e. The average molecular weight is 676 g/mol. The molecule has 47 heavy (non-hydrogen) atoms. The van der Waals surface area contributed by atoms with Crippen LogP contribution in [-0.4, -0.2) is 53.9 Å². The maximum absolute atomic E-state index is 14.3. The predicted molar refractivity (Wildman–Crippen MR) is 186 cm³/mol. The molecule has 0 bridgehead atoms. The zero-order chi connectivity index (χ0) is 35.5. The summed E-state index contributed by atoms with van der Waals surface area (Å²) in [6.07, 6.45) is 3.51. The number of allylic oxidation sites excluding steroid dienone is 2. The van der Waals surface area contributed by atoms with Gasteiger partial charge in [-0.05, 0) is 49.3 Å². The summed E-state index contributed by atoms with van der Waals surface area (Å²) in [7, 11) is 3.25. The number of fused-ring (bicyclic) bond motifs is 1. The number of likely N-dealkylation sites (N-methyl/N-ethyl adjacent to an activating group) is 1. The molecule has 4 rings (SSSR count). The van der Waals surface area contributed by atoms with Gasteiger partial charge in [-0.1, -0.05) is 75.0 Å². The fourth-order valence-corrected chi connectivity index (χ4v) is 5.25. The van der Waals surface area contributed by atoms with Crippen LogP contribution >= 0.6 is 11.8 Å². The van der Waals surface area contributed by atoms with E-state index in [2.05, 4.69) is 4.74 Å². The van der Waals surface area contributed by atoms with Crippen LogP contribution in [0.15, 0.2) is 70.5 Å². The van der Waals surface area contributed by atoms with Crippen LogP contribution in [0.2, 0.25) is 0 Å². The van der Waals surface area contributed by atoms with E-state index < -0.39 is 23.2 Å². The van der Waals surface area contributed by atoms with E-state index in [4.69, 9.17) is 10.1 Å². The topological polar surface area (TPSA) is 84.6 Å². The summed E-state index contributed by atoms with van der Waals surface area (Å²) < 4.78 is 50.6. The minimum atomic E-state index is -0.667. The Morgan fingerprint density at radius 3 is 2.21 bits per heavy atom. The molecule has 0 atom stereocenters. The second-order valence-corrected chi connectivity index (χ2v) is 11.4. The van der Waals surface area contributed by atoms with Crippen LogP contribution in [0.1, 0.15) is 75.1 Å². The predicted octanol–water partition coefficient (Wildman–Crippen LogP) is 8.43. The molecule has 2 heterocycles. The molecule has 0 spiro atoms. The van der Waals surface area contributed by atoms with Gasteiger partial charge in [0.2, 0.25) is 5.43 Å². The van der Waals surface area contributed by atoms with Gasteiger partial charge in [0.05, 0.1) is 11.7 Å². The second-order valence-electron chi connectivity index (χ2n) is 10.2. The van der Waals surface area contributed by atoms with Crippen molar-refractivity contribution in [3.63, 3.8) is 0 Å². The fourth-order valence-electron chi connectivity index (χ4n) is 4.26. The Morgan fingerprint density at radius 1 is 1.04 bits per heavy atom. The van der Waals surface area contributed by atoms with Crippen LogP contribution in [0, 0.1) is 17.0 Å². The lowest BCUT2D eigenvalue weighted by atomic mass is 10.1.